The average molecular weight is 282 g/mol. The lowest BCUT2D eigenvalue weighted by molar-refractivity contribution is 0.0769. The predicted molar refractivity (Wildman–Crippen MR) is 67.6 cm³/mol. The lowest BCUT2D eigenvalue weighted by atomic mass is 10.0. The Morgan fingerprint density at radius 1 is 1.18 bits per heavy atom. The fraction of sp³-hybridized carbons (Fsp3) is 1.00. The minimum absolute atomic E-state index is 0.0322. The molecule has 0 amide bonds. The van der Waals surface area contributed by atoms with Gasteiger partial charge in [0.2, 0.25) is 10.0 Å². The molecule has 0 saturated carbocycles. The van der Waals surface area contributed by atoms with E-state index in [0.717, 1.165) is 19.3 Å². The van der Waals surface area contributed by atoms with Crippen molar-refractivity contribution in [2.45, 2.75) is 56.7 Å². The zero-order chi connectivity index (χ0) is 12.5. The van der Waals surface area contributed by atoms with Gasteiger partial charge in [-0.1, -0.05) is 0 Å². The molecule has 2 rings (SSSR count). The van der Waals surface area contributed by atoms with Gasteiger partial charge in [0.1, 0.15) is 0 Å². The van der Waals surface area contributed by atoms with Crippen LogP contribution in [0.3, 0.4) is 0 Å². The molecule has 0 aromatic rings. The van der Waals surface area contributed by atoms with E-state index in [2.05, 4.69) is 0 Å². The van der Waals surface area contributed by atoms with Gasteiger partial charge in [0.25, 0.3) is 0 Å². The van der Waals surface area contributed by atoms with Crippen LogP contribution in [-0.4, -0.2) is 47.7 Å². The number of alkyl halides is 1. The van der Waals surface area contributed by atoms with Crippen LogP contribution in [0.5, 0.6) is 0 Å². The van der Waals surface area contributed by atoms with Gasteiger partial charge in [0.05, 0.1) is 11.9 Å². The van der Waals surface area contributed by atoms with Crippen molar-refractivity contribution in [1.29, 1.82) is 0 Å². The Bertz CT molecular complexity index is 346. The normalized spacial score (nSPS) is 34.1. The first-order valence-electron chi connectivity index (χ1n) is 6.30. The van der Waals surface area contributed by atoms with Gasteiger partial charge in [-0.25, -0.2) is 8.42 Å². The van der Waals surface area contributed by atoms with Crippen molar-refractivity contribution >= 4 is 21.6 Å². The third-order valence-corrected chi connectivity index (χ3v) is 6.06. The quantitative estimate of drug-likeness (QED) is 0.611. The van der Waals surface area contributed by atoms with Crippen molar-refractivity contribution in [3.8, 4) is 0 Å². The molecule has 100 valence electrons. The molecule has 0 radical (unpaired) electrons. The first kappa shape index (κ1) is 13.6. The van der Waals surface area contributed by atoms with E-state index < -0.39 is 10.0 Å². The molecule has 2 heterocycles. The Hall–Kier alpha value is 0.160. The Morgan fingerprint density at radius 3 is 2.29 bits per heavy atom. The molecule has 2 bridgehead atoms. The van der Waals surface area contributed by atoms with E-state index in [9.17, 15) is 13.5 Å². The number of halogens is 1. The number of hydrogen-bond acceptors (Lipinski definition) is 3. The van der Waals surface area contributed by atoms with Crippen LogP contribution in [0.25, 0.3) is 0 Å². The summed E-state index contributed by atoms with van der Waals surface area (Å²) in [5.74, 6) is 0.712. The van der Waals surface area contributed by atoms with E-state index in [1.165, 1.54) is 0 Å². The molecule has 0 aliphatic carbocycles. The Balaban J connectivity index is 2.02. The Morgan fingerprint density at radius 2 is 1.76 bits per heavy atom. The monoisotopic (exact) mass is 281 g/mol. The maximum Gasteiger partial charge on any atom is 0.214 e. The van der Waals surface area contributed by atoms with Crippen LogP contribution in [0.2, 0.25) is 0 Å². The summed E-state index contributed by atoms with van der Waals surface area (Å²) < 4.78 is 26.1. The fourth-order valence-electron chi connectivity index (χ4n) is 3.04. The number of unbranched alkanes of at least 4 members (excludes halogenated alkanes) is 1. The zero-order valence-electron chi connectivity index (χ0n) is 9.89. The van der Waals surface area contributed by atoms with Crippen molar-refractivity contribution in [1.82, 2.24) is 4.31 Å². The molecular formula is C11H20ClNO3S. The largest absolute Gasteiger partial charge is 0.393 e. The Kier molecular flexibility index (Phi) is 4.34. The molecule has 2 aliphatic rings. The van der Waals surface area contributed by atoms with Gasteiger partial charge in [0.15, 0.2) is 0 Å². The summed E-state index contributed by atoms with van der Waals surface area (Å²) >= 11 is 5.56. The highest BCUT2D eigenvalue weighted by molar-refractivity contribution is 7.89. The van der Waals surface area contributed by atoms with Gasteiger partial charge in [-0.2, -0.15) is 4.31 Å². The third kappa shape index (κ3) is 2.95. The second kappa shape index (κ2) is 5.43. The minimum Gasteiger partial charge on any atom is -0.393 e. The smallest absolute Gasteiger partial charge is 0.214 e. The van der Waals surface area contributed by atoms with Crippen LogP contribution in [-0.2, 0) is 10.0 Å². The predicted octanol–water partition coefficient (Wildman–Crippen LogP) is 1.32. The number of aliphatic hydroxyl groups is 1. The summed E-state index contributed by atoms with van der Waals surface area (Å²) in [6, 6.07) is 0.0644. The molecule has 2 saturated heterocycles. The van der Waals surface area contributed by atoms with Crippen molar-refractivity contribution in [3.05, 3.63) is 0 Å². The average Bonchev–Trinajstić information content (AvgIpc) is 2.53. The summed E-state index contributed by atoms with van der Waals surface area (Å²) in [5, 5.41) is 9.65. The molecule has 2 fully saturated rings. The maximum absolute atomic E-state index is 12.2. The summed E-state index contributed by atoms with van der Waals surface area (Å²) in [4.78, 5) is 0. The maximum atomic E-state index is 12.2. The number of hydrogen-bond donors (Lipinski definition) is 1. The van der Waals surface area contributed by atoms with Gasteiger partial charge >= 0.3 is 0 Å². The van der Waals surface area contributed by atoms with Gasteiger partial charge < -0.3 is 5.11 Å². The van der Waals surface area contributed by atoms with Crippen LogP contribution in [0.1, 0.15) is 38.5 Å². The van der Waals surface area contributed by atoms with Gasteiger partial charge in [-0.3, -0.25) is 0 Å². The van der Waals surface area contributed by atoms with Crippen LogP contribution in [0.15, 0.2) is 0 Å². The second-order valence-electron chi connectivity index (χ2n) is 5.05. The molecule has 0 aromatic heterocycles. The van der Waals surface area contributed by atoms with Crippen LogP contribution in [0.4, 0.5) is 0 Å². The molecule has 4 nitrogen and oxygen atoms in total. The van der Waals surface area contributed by atoms with Crippen LogP contribution >= 0.6 is 11.6 Å². The lowest BCUT2D eigenvalue weighted by Crippen LogP contribution is -2.48. The van der Waals surface area contributed by atoms with Crippen molar-refractivity contribution < 1.29 is 13.5 Å². The highest BCUT2D eigenvalue weighted by Gasteiger charge is 2.45. The number of aliphatic hydroxyl groups excluding tert-OH is 1. The van der Waals surface area contributed by atoms with E-state index in [-0.39, 0.29) is 23.9 Å². The molecule has 2 atom stereocenters. The third-order valence-electron chi connectivity index (χ3n) is 3.75. The molecule has 0 aromatic carbocycles. The van der Waals surface area contributed by atoms with E-state index in [1.807, 2.05) is 0 Å². The number of fused-ring (bicyclic) bond motifs is 2. The fourth-order valence-corrected chi connectivity index (χ4v) is 5.30. The summed E-state index contributed by atoms with van der Waals surface area (Å²) in [5.41, 5.74) is 0. The molecule has 17 heavy (non-hydrogen) atoms. The molecular weight excluding hydrogens is 262 g/mol. The first-order valence-corrected chi connectivity index (χ1v) is 8.44. The van der Waals surface area contributed by atoms with Gasteiger partial charge in [-0.05, 0) is 38.5 Å². The van der Waals surface area contributed by atoms with Crippen LogP contribution < -0.4 is 0 Å². The highest BCUT2D eigenvalue weighted by atomic mass is 35.5. The first-order chi connectivity index (χ1) is 8.04. The van der Waals surface area contributed by atoms with Crippen LogP contribution in [0, 0.1) is 0 Å². The van der Waals surface area contributed by atoms with E-state index in [0.29, 0.717) is 25.1 Å². The highest BCUT2D eigenvalue weighted by Crippen LogP contribution is 2.38. The number of piperidine rings is 1. The second-order valence-corrected chi connectivity index (χ2v) is 7.42. The van der Waals surface area contributed by atoms with E-state index >= 15 is 0 Å². The standard InChI is InChI=1S/C11H20ClNO3S/c12-5-1-2-6-17(15,16)13-9-3-4-10(13)8-11(14)7-9/h9-11,14H,1-8H2. The molecule has 6 heteroatoms. The lowest BCUT2D eigenvalue weighted by Gasteiger charge is -2.36. The summed E-state index contributed by atoms with van der Waals surface area (Å²) in [7, 11) is -3.15. The molecule has 0 spiro atoms. The van der Waals surface area contributed by atoms with E-state index in [1.54, 1.807) is 4.31 Å². The number of rotatable bonds is 5. The summed E-state index contributed by atoms with van der Waals surface area (Å²) in [6.07, 6.45) is 4.06. The van der Waals surface area contributed by atoms with Crippen molar-refractivity contribution in [2.75, 3.05) is 11.6 Å². The number of sulfonamides is 1. The summed E-state index contributed by atoms with van der Waals surface area (Å²) in [6.45, 7) is 0. The zero-order valence-corrected chi connectivity index (χ0v) is 11.5. The topological polar surface area (TPSA) is 57.6 Å². The molecule has 2 aliphatic heterocycles. The number of nitrogens with zero attached hydrogens (tertiary/aromatic N) is 1. The minimum atomic E-state index is -3.15. The van der Waals surface area contributed by atoms with E-state index in [4.69, 9.17) is 11.6 Å². The molecule has 2 unspecified atom stereocenters. The Labute approximate surface area is 108 Å². The van der Waals surface area contributed by atoms with Crippen molar-refractivity contribution in [3.63, 3.8) is 0 Å². The van der Waals surface area contributed by atoms with Crippen molar-refractivity contribution in [2.24, 2.45) is 0 Å². The molecule has 1 N–H and O–H groups in total. The van der Waals surface area contributed by atoms with Gasteiger partial charge in [0, 0.05) is 18.0 Å². The van der Waals surface area contributed by atoms with Gasteiger partial charge in [-0.15, -0.1) is 11.6 Å². The SMILES string of the molecule is O=S(=O)(CCCCCl)N1C2CCC1CC(O)C2.